The number of rotatable bonds is 13. The molecule has 1 atom stereocenters. The van der Waals surface area contributed by atoms with Crippen LogP contribution in [0.2, 0.25) is 0 Å². The molecular weight excluding hydrogens is 650 g/mol. The van der Waals surface area contributed by atoms with E-state index in [2.05, 4.69) is 21.2 Å². The summed E-state index contributed by atoms with van der Waals surface area (Å²) in [6, 6.07) is 17.1. The average molecular weight is 691 g/mol. The third kappa shape index (κ3) is 8.88. The predicted molar refractivity (Wildman–Crippen MR) is 174 cm³/mol. The fourth-order valence-corrected chi connectivity index (χ4v) is 6.05. The average Bonchev–Trinajstić information content (AvgIpc) is 2.98. The van der Waals surface area contributed by atoms with Gasteiger partial charge in [0, 0.05) is 22.6 Å². The molecule has 1 N–H and O–H groups in total. The van der Waals surface area contributed by atoms with Gasteiger partial charge in [-0.3, -0.25) is 13.9 Å². The zero-order chi connectivity index (χ0) is 32.7. The van der Waals surface area contributed by atoms with E-state index in [9.17, 15) is 18.0 Å². The summed E-state index contributed by atoms with van der Waals surface area (Å²) < 4.78 is 46.4. The van der Waals surface area contributed by atoms with Crippen LogP contribution < -0.4 is 23.8 Å². The number of sulfonamides is 1. The molecule has 3 rings (SSSR count). The van der Waals surface area contributed by atoms with Crippen molar-refractivity contribution in [3.63, 3.8) is 0 Å². The molecule has 10 nitrogen and oxygen atoms in total. The molecule has 0 bridgehead atoms. The van der Waals surface area contributed by atoms with Crippen LogP contribution in [0.4, 0.5) is 5.69 Å². The van der Waals surface area contributed by atoms with E-state index in [0.717, 1.165) is 14.3 Å². The number of halogens is 1. The predicted octanol–water partition coefficient (Wildman–Crippen LogP) is 5.39. The highest BCUT2D eigenvalue weighted by molar-refractivity contribution is 9.10. The molecule has 0 spiro atoms. The number of amides is 2. The van der Waals surface area contributed by atoms with Gasteiger partial charge in [0.25, 0.3) is 10.0 Å². The molecule has 0 aliphatic carbocycles. The zero-order valence-electron chi connectivity index (χ0n) is 26.1. The van der Waals surface area contributed by atoms with Gasteiger partial charge < -0.3 is 24.4 Å². The van der Waals surface area contributed by atoms with Crippen molar-refractivity contribution < 1.29 is 32.2 Å². The largest absolute Gasteiger partial charge is 0.494 e. The van der Waals surface area contributed by atoms with Crippen molar-refractivity contribution in [2.45, 2.75) is 57.6 Å². The summed E-state index contributed by atoms with van der Waals surface area (Å²) in [6.07, 6.45) is 0. The molecule has 12 heteroatoms. The van der Waals surface area contributed by atoms with Crippen LogP contribution in [0.3, 0.4) is 0 Å². The number of ether oxygens (including phenoxy) is 3. The SMILES string of the molecule is CCOc1ccc(N(CC(=O)N(Cc2ccc(Br)cc2)[C@H](C)C(=O)NC(C)(C)C)S(=O)(=O)c2ccc(OC)c(OC)c2)cc1. The maximum Gasteiger partial charge on any atom is 0.264 e. The molecule has 0 radical (unpaired) electrons. The normalized spacial score (nSPS) is 12.2. The minimum absolute atomic E-state index is 0.0817. The van der Waals surface area contributed by atoms with Gasteiger partial charge in [0.2, 0.25) is 11.8 Å². The van der Waals surface area contributed by atoms with Crippen molar-refractivity contribution in [2.24, 2.45) is 0 Å². The van der Waals surface area contributed by atoms with Crippen molar-refractivity contribution >= 4 is 43.5 Å². The Balaban J connectivity index is 2.09. The van der Waals surface area contributed by atoms with Crippen molar-refractivity contribution in [1.29, 1.82) is 0 Å². The van der Waals surface area contributed by atoms with Crippen molar-refractivity contribution in [3.8, 4) is 17.2 Å². The second-order valence-corrected chi connectivity index (χ2v) is 13.8. The lowest BCUT2D eigenvalue weighted by molar-refractivity contribution is -0.140. The number of anilines is 1. The van der Waals surface area contributed by atoms with Gasteiger partial charge in [0.05, 0.1) is 31.4 Å². The number of nitrogens with zero attached hydrogens (tertiary/aromatic N) is 2. The topological polar surface area (TPSA) is 114 Å². The Labute approximate surface area is 268 Å². The van der Waals surface area contributed by atoms with Crippen LogP contribution in [0.5, 0.6) is 17.2 Å². The molecule has 0 aliphatic rings. The maximum absolute atomic E-state index is 14.2. The lowest BCUT2D eigenvalue weighted by atomic mass is 10.1. The van der Waals surface area contributed by atoms with E-state index in [0.29, 0.717) is 18.1 Å². The molecule has 44 heavy (non-hydrogen) atoms. The second-order valence-electron chi connectivity index (χ2n) is 11.0. The van der Waals surface area contributed by atoms with Gasteiger partial charge in [-0.25, -0.2) is 8.42 Å². The van der Waals surface area contributed by atoms with Gasteiger partial charge in [-0.05, 0) is 88.7 Å². The van der Waals surface area contributed by atoms with E-state index < -0.39 is 34.1 Å². The van der Waals surface area contributed by atoms with Gasteiger partial charge in [-0.1, -0.05) is 28.1 Å². The molecule has 0 unspecified atom stereocenters. The van der Waals surface area contributed by atoms with E-state index >= 15 is 0 Å². The quantitative estimate of drug-likeness (QED) is 0.256. The van der Waals surface area contributed by atoms with Crippen LogP contribution in [0, 0.1) is 0 Å². The summed E-state index contributed by atoms with van der Waals surface area (Å²) in [5.74, 6) is 0.196. The van der Waals surface area contributed by atoms with E-state index in [4.69, 9.17) is 14.2 Å². The Morgan fingerprint density at radius 3 is 2.09 bits per heavy atom. The summed E-state index contributed by atoms with van der Waals surface area (Å²) in [5, 5.41) is 2.92. The zero-order valence-corrected chi connectivity index (χ0v) is 28.5. The highest BCUT2D eigenvalue weighted by Crippen LogP contribution is 2.33. The Bertz CT molecular complexity index is 1540. The number of carbonyl (C=O) groups is 2. The number of hydrogen-bond acceptors (Lipinski definition) is 7. The number of nitrogens with one attached hydrogen (secondary N) is 1. The highest BCUT2D eigenvalue weighted by Gasteiger charge is 2.34. The molecule has 3 aromatic carbocycles. The van der Waals surface area contributed by atoms with E-state index in [-0.39, 0.29) is 28.8 Å². The monoisotopic (exact) mass is 689 g/mol. The summed E-state index contributed by atoms with van der Waals surface area (Å²) >= 11 is 3.42. The smallest absolute Gasteiger partial charge is 0.264 e. The van der Waals surface area contributed by atoms with Gasteiger partial charge >= 0.3 is 0 Å². The van der Waals surface area contributed by atoms with Gasteiger partial charge in [0.15, 0.2) is 11.5 Å². The van der Waals surface area contributed by atoms with Crippen LogP contribution in [0.1, 0.15) is 40.2 Å². The third-order valence-electron chi connectivity index (χ3n) is 6.59. The fraction of sp³-hybridized carbons (Fsp3) is 0.375. The van der Waals surface area contributed by atoms with Gasteiger partial charge in [0.1, 0.15) is 18.3 Å². The molecule has 0 fully saturated rings. The lowest BCUT2D eigenvalue weighted by Gasteiger charge is -2.33. The molecule has 0 heterocycles. The first-order valence-electron chi connectivity index (χ1n) is 14.0. The molecule has 0 saturated carbocycles. The molecule has 2 amide bonds. The third-order valence-corrected chi connectivity index (χ3v) is 8.89. The van der Waals surface area contributed by atoms with Crippen LogP contribution in [-0.4, -0.2) is 64.1 Å². The first kappa shape index (κ1) is 34.7. The first-order chi connectivity index (χ1) is 20.7. The minimum atomic E-state index is -4.32. The fourth-order valence-electron chi connectivity index (χ4n) is 4.35. The minimum Gasteiger partial charge on any atom is -0.494 e. The first-order valence-corrected chi connectivity index (χ1v) is 16.3. The van der Waals surface area contributed by atoms with Crippen LogP contribution in [0.15, 0.2) is 76.1 Å². The summed E-state index contributed by atoms with van der Waals surface area (Å²) in [5.41, 5.74) is 0.474. The van der Waals surface area contributed by atoms with Crippen LogP contribution >= 0.6 is 15.9 Å². The molecule has 238 valence electrons. The number of hydrogen-bond donors (Lipinski definition) is 1. The lowest BCUT2D eigenvalue weighted by Crippen LogP contribution is -2.54. The van der Waals surface area contributed by atoms with Crippen molar-refractivity contribution in [3.05, 3.63) is 76.8 Å². The van der Waals surface area contributed by atoms with Crippen LogP contribution in [-0.2, 0) is 26.2 Å². The molecule has 0 aromatic heterocycles. The Kier molecular flexibility index (Phi) is 11.7. The van der Waals surface area contributed by atoms with Crippen LogP contribution in [0.25, 0.3) is 0 Å². The number of carbonyl (C=O) groups excluding carboxylic acids is 2. The Morgan fingerprint density at radius 1 is 0.932 bits per heavy atom. The van der Waals surface area contributed by atoms with Gasteiger partial charge in [-0.2, -0.15) is 0 Å². The molecule has 0 saturated heterocycles. The van der Waals surface area contributed by atoms with E-state index in [1.54, 1.807) is 31.2 Å². The highest BCUT2D eigenvalue weighted by atomic mass is 79.9. The Hall–Kier alpha value is -3.77. The van der Waals surface area contributed by atoms with Crippen molar-refractivity contribution in [1.82, 2.24) is 10.2 Å². The number of methoxy groups -OCH3 is 2. The second kappa shape index (κ2) is 14.8. The summed E-state index contributed by atoms with van der Waals surface area (Å²) in [7, 11) is -1.45. The molecule has 0 aliphatic heterocycles. The van der Waals surface area contributed by atoms with E-state index in [1.807, 2.05) is 52.0 Å². The maximum atomic E-state index is 14.2. The van der Waals surface area contributed by atoms with E-state index in [1.165, 1.54) is 37.3 Å². The summed E-state index contributed by atoms with van der Waals surface area (Å²) in [4.78, 5) is 28.7. The van der Waals surface area contributed by atoms with Gasteiger partial charge in [-0.15, -0.1) is 0 Å². The Morgan fingerprint density at radius 2 is 1.55 bits per heavy atom. The number of benzene rings is 3. The van der Waals surface area contributed by atoms with Crippen molar-refractivity contribution in [2.75, 3.05) is 31.7 Å². The molecule has 3 aromatic rings. The standard InChI is InChI=1S/C32H40BrN3O7S/c1-8-43-26-15-13-25(14-16-26)36(44(39,40)27-17-18-28(41-6)29(19-27)42-7)21-30(37)35(20-23-9-11-24(33)12-10-23)22(2)31(38)34-32(3,4)5/h9-19,22H,8,20-21H2,1-7H3,(H,34,38)/t22-/m1/s1. The summed E-state index contributed by atoms with van der Waals surface area (Å²) in [6.45, 7) is 8.96. The molecular formula is C32H40BrN3O7S.